The van der Waals surface area contributed by atoms with Gasteiger partial charge in [0.25, 0.3) is 0 Å². The highest BCUT2D eigenvalue weighted by molar-refractivity contribution is 5.79. The summed E-state index contributed by atoms with van der Waals surface area (Å²) >= 11 is 0. The zero-order valence-corrected chi connectivity index (χ0v) is 15.0. The summed E-state index contributed by atoms with van der Waals surface area (Å²) in [5.74, 6) is 0.415. The van der Waals surface area contributed by atoms with Gasteiger partial charge in [0.15, 0.2) is 0 Å². The van der Waals surface area contributed by atoms with E-state index < -0.39 is 0 Å². The Labute approximate surface area is 146 Å². The Kier molecular flexibility index (Phi) is 5.40. The van der Waals surface area contributed by atoms with Crippen molar-refractivity contribution in [3.8, 4) is 0 Å². The van der Waals surface area contributed by atoms with E-state index in [9.17, 15) is 4.79 Å². The molecule has 2 saturated carbocycles. The Morgan fingerprint density at radius 1 is 0.917 bits per heavy atom. The maximum atomic E-state index is 13.1. The summed E-state index contributed by atoms with van der Waals surface area (Å²) in [7, 11) is 0. The summed E-state index contributed by atoms with van der Waals surface area (Å²) in [6, 6.07) is 1.68. The second-order valence-corrected chi connectivity index (χ2v) is 8.15. The number of nitrogens with zero attached hydrogens (tertiary/aromatic N) is 3. The normalized spacial score (nSPS) is 30.1. The van der Waals surface area contributed by atoms with Crippen LogP contribution in [0.1, 0.15) is 51.4 Å². The zero-order chi connectivity index (χ0) is 16.4. The van der Waals surface area contributed by atoms with Gasteiger partial charge in [-0.25, -0.2) is 0 Å². The summed E-state index contributed by atoms with van der Waals surface area (Å²) in [6.07, 6.45) is 10.1. The molecule has 0 N–H and O–H groups in total. The fraction of sp³-hybridized carbons (Fsp3) is 0.947. The van der Waals surface area contributed by atoms with Crippen LogP contribution in [0.3, 0.4) is 0 Å². The fourth-order valence-electron chi connectivity index (χ4n) is 4.89. The second kappa shape index (κ2) is 7.71. The highest BCUT2D eigenvalue weighted by Gasteiger charge is 2.39. The van der Waals surface area contributed by atoms with Gasteiger partial charge in [-0.1, -0.05) is 12.8 Å². The lowest BCUT2D eigenvalue weighted by Gasteiger charge is -2.35. The second-order valence-electron chi connectivity index (χ2n) is 8.15. The Morgan fingerprint density at radius 2 is 1.62 bits per heavy atom. The third kappa shape index (κ3) is 3.94. The largest absolute Gasteiger partial charge is 0.379 e. The molecule has 1 atom stereocenters. The van der Waals surface area contributed by atoms with Crippen molar-refractivity contribution in [3.63, 3.8) is 0 Å². The van der Waals surface area contributed by atoms with E-state index in [2.05, 4.69) is 14.7 Å². The van der Waals surface area contributed by atoms with Gasteiger partial charge in [0.2, 0.25) is 5.91 Å². The molecular formula is C19H33N3O2. The average molecular weight is 335 g/mol. The van der Waals surface area contributed by atoms with Crippen molar-refractivity contribution < 1.29 is 9.53 Å². The number of ether oxygens (including phenoxy) is 1. The number of amides is 1. The summed E-state index contributed by atoms with van der Waals surface area (Å²) in [5, 5.41) is 0. The third-order valence-corrected chi connectivity index (χ3v) is 6.36. The molecule has 0 radical (unpaired) electrons. The lowest BCUT2D eigenvalue weighted by atomic mass is 10.2. The molecule has 2 aliphatic heterocycles. The van der Waals surface area contributed by atoms with Crippen molar-refractivity contribution in [1.29, 1.82) is 0 Å². The van der Waals surface area contributed by atoms with Crippen LogP contribution in [0.15, 0.2) is 0 Å². The number of hydrogen-bond acceptors (Lipinski definition) is 4. The molecule has 0 bridgehead atoms. The van der Waals surface area contributed by atoms with Crippen LogP contribution in [-0.2, 0) is 9.53 Å². The fourth-order valence-corrected chi connectivity index (χ4v) is 4.89. The highest BCUT2D eigenvalue weighted by atomic mass is 16.5. The van der Waals surface area contributed by atoms with Crippen molar-refractivity contribution in [3.05, 3.63) is 0 Å². The standard InChI is InChI=1S/C19H33N3O2/c23-19(22(17-7-8-17)16-4-1-2-5-16)15-21-9-3-6-18(21)14-20-10-12-24-13-11-20/h16-18H,1-15H2. The van der Waals surface area contributed by atoms with Crippen molar-refractivity contribution in [2.75, 3.05) is 45.9 Å². The average Bonchev–Trinajstić information content (AvgIpc) is 3.09. The Balaban J connectivity index is 1.33. The van der Waals surface area contributed by atoms with Gasteiger partial charge in [0.1, 0.15) is 0 Å². The van der Waals surface area contributed by atoms with Gasteiger partial charge in [-0.2, -0.15) is 0 Å². The number of morpholine rings is 1. The monoisotopic (exact) mass is 335 g/mol. The Bertz CT molecular complexity index is 428. The minimum atomic E-state index is 0.415. The number of hydrogen-bond donors (Lipinski definition) is 0. The van der Waals surface area contributed by atoms with Crippen molar-refractivity contribution >= 4 is 5.91 Å². The highest BCUT2D eigenvalue weighted by Crippen LogP contribution is 2.34. The maximum absolute atomic E-state index is 13.1. The van der Waals surface area contributed by atoms with Gasteiger partial charge >= 0.3 is 0 Å². The molecule has 0 aromatic carbocycles. The molecule has 4 fully saturated rings. The predicted molar refractivity (Wildman–Crippen MR) is 94.0 cm³/mol. The molecule has 0 aromatic heterocycles. The molecule has 4 aliphatic rings. The zero-order valence-electron chi connectivity index (χ0n) is 15.0. The molecule has 5 heteroatoms. The first-order valence-electron chi connectivity index (χ1n) is 10.2. The van der Waals surface area contributed by atoms with Crippen molar-refractivity contribution in [2.45, 2.75) is 69.5 Å². The van der Waals surface area contributed by atoms with Crippen molar-refractivity contribution in [1.82, 2.24) is 14.7 Å². The topological polar surface area (TPSA) is 36.0 Å². The summed E-state index contributed by atoms with van der Waals surface area (Å²) in [5.41, 5.74) is 0. The number of rotatable bonds is 6. The molecule has 0 aromatic rings. The molecular weight excluding hydrogens is 302 g/mol. The van der Waals surface area contributed by atoms with Gasteiger partial charge in [0, 0.05) is 37.8 Å². The minimum Gasteiger partial charge on any atom is -0.379 e. The van der Waals surface area contributed by atoms with Gasteiger partial charge in [0.05, 0.1) is 19.8 Å². The first-order chi connectivity index (χ1) is 11.8. The summed E-state index contributed by atoms with van der Waals surface area (Å²) < 4.78 is 5.46. The van der Waals surface area contributed by atoms with E-state index >= 15 is 0 Å². The first-order valence-corrected chi connectivity index (χ1v) is 10.2. The molecule has 2 heterocycles. The molecule has 5 nitrogen and oxygen atoms in total. The van der Waals surface area contributed by atoms with Gasteiger partial charge in [-0.3, -0.25) is 14.6 Å². The summed E-state index contributed by atoms with van der Waals surface area (Å²) in [4.78, 5) is 20.4. The molecule has 1 unspecified atom stereocenters. The lowest BCUT2D eigenvalue weighted by molar-refractivity contribution is -0.135. The van der Waals surface area contributed by atoms with Crippen LogP contribution in [0, 0.1) is 0 Å². The van der Waals surface area contributed by atoms with E-state index in [4.69, 9.17) is 4.74 Å². The molecule has 24 heavy (non-hydrogen) atoms. The molecule has 136 valence electrons. The van der Waals surface area contributed by atoms with Crippen LogP contribution in [0.4, 0.5) is 0 Å². The van der Waals surface area contributed by atoms with E-state index in [0.717, 1.165) is 39.4 Å². The quantitative estimate of drug-likeness (QED) is 0.740. The maximum Gasteiger partial charge on any atom is 0.237 e. The Morgan fingerprint density at radius 3 is 2.33 bits per heavy atom. The predicted octanol–water partition coefficient (Wildman–Crippen LogP) is 1.72. The van der Waals surface area contributed by atoms with Gasteiger partial charge in [-0.05, 0) is 45.1 Å². The SMILES string of the molecule is O=C(CN1CCCC1CN1CCOCC1)N(C1CCCC1)C1CC1. The number of likely N-dealkylation sites (tertiary alicyclic amines) is 1. The van der Waals surface area contributed by atoms with Gasteiger partial charge < -0.3 is 9.64 Å². The molecule has 4 rings (SSSR count). The smallest absolute Gasteiger partial charge is 0.237 e. The van der Waals surface area contributed by atoms with Crippen LogP contribution in [-0.4, -0.2) is 84.7 Å². The van der Waals surface area contributed by atoms with Gasteiger partial charge in [-0.15, -0.1) is 0 Å². The van der Waals surface area contributed by atoms with Crippen LogP contribution < -0.4 is 0 Å². The number of carbonyl (C=O) groups excluding carboxylic acids is 1. The van der Waals surface area contributed by atoms with E-state index in [1.807, 2.05) is 0 Å². The molecule has 1 amide bonds. The van der Waals surface area contributed by atoms with Crippen LogP contribution >= 0.6 is 0 Å². The van der Waals surface area contributed by atoms with E-state index in [0.29, 0.717) is 30.6 Å². The van der Waals surface area contributed by atoms with Crippen LogP contribution in [0.5, 0.6) is 0 Å². The van der Waals surface area contributed by atoms with Crippen LogP contribution in [0.2, 0.25) is 0 Å². The number of carbonyl (C=O) groups is 1. The van der Waals surface area contributed by atoms with E-state index in [1.165, 1.54) is 51.4 Å². The molecule has 2 aliphatic carbocycles. The van der Waals surface area contributed by atoms with E-state index in [1.54, 1.807) is 0 Å². The molecule has 2 saturated heterocycles. The van der Waals surface area contributed by atoms with E-state index in [-0.39, 0.29) is 0 Å². The van der Waals surface area contributed by atoms with Crippen molar-refractivity contribution in [2.24, 2.45) is 0 Å². The Hall–Kier alpha value is -0.650. The first kappa shape index (κ1) is 16.8. The minimum absolute atomic E-state index is 0.415. The molecule has 0 spiro atoms. The van der Waals surface area contributed by atoms with Crippen LogP contribution in [0.25, 0.3) is 0 Å². The lowest BCUT2D eigenvalue weighted by Crippen LogP contribution is -2.50. The third-order valence-electron chi connectivity index (χ3n) is 6.36. The summed E-state index contributed by atoms with van der Waals surface area (Å²) in [6.45, 7) is 6.70.